The fraction of sp³-hybridized carbons (Fsp3) is 0.333. The van der Waals surface area contributed by atoms with Gasteiger partial charge in [-0.2, -0.15) is 13.2 Å². The van der Waals surface area contributed by atoms with Crippen LogP contribution in [-0.4, -0.2) is 13.2 Å². The van der Waals surface area contributed by atoms with Crippen LogP contribution in [0.25, 0.3) is 0 Å². The van der Waals surface area contributed by atoms with Crippen LogP contribution in [0.15, 0.2) is 30.9 Å². The normalized spacial score (nSPS) is 11.3. The predicted octanol–water partition coefficient (Wildman–Crippen LogP) is 2.77. The minimum absolute atomic E-state index is 0.0410. The van der Waals surface area contributed by atoms with Crippen LogP contribution in [0.4, 0.5) is 13.2 Å². The first kappa shape index (κ1) is 13.6. The van der Waals surface area contributed by atoms with Gasteiger partial charge in [0.15, 0.2) is 0 Å². The smallest absolute Gasteiger partial charge is 0.419 e. The standard InChI is InChI=1S/C12H14F3NO/c1-2-7-17-11-4-3-9(5-6-16)8-10(11)12(13,14)15/h2-4,8H,1,5-7,16H2. The largest absolute Gasteiger partial charge is 0.489 e. The molecule has 17 heavy (non-hydrogen) atoms. The van der Waals surface area contributed by atoms with Gasteiger partial charge >= 0.3 is 6.18 Å². The van der Waals surface area contributed by atoms with Crippen LogP contribution in [-0.2, 0) is 12.6 Å². The highest BCUT2D eigenvalue weighted by molar-refractivity contribution is 5.39. The summed E-state index contributed by atoms with van der Waals surface area (Å²) in [5.74, 6) is -0.182. The van der Waals surface area contributed by atoms with E-state index in [1.54, 1.807) is 6.07 Å². The monoisotopic (exact) mass is 245 g/mol. The topological polar surface area (TPSA) is 35.2 Å². The van der Waals surface area contributed by atoms with E-state index in [1.165, 1.54) is 12.1 Å². The van der Waals surface area contributed by atoms with Crippen molar-refractivity contribution < 1.29 is 17.9 Å². The van der Waals surface area contributed by atoms with E-state index in [1.807, 2.05) is 0 Å². The third-order valence-corrected chi connectivity index (χ3v) is 2.14. The van der Waals surface area contributed by atoms with Gasteiger partial charge in [0, 0.05) is 0 Å². The van der Waals surface area contributed by atoms with Crippen molar-refractivity contribution in [3.63, 3.8) is 0 Å². The number of benzene rings is 1. The minimum Gasteiger partial charge on any atom is -0.489 e. The molecule has 0 amide bonds. The van der Waals surface area contributed by atoms with Crippen LogP contribution in [0, 0.1) is 0 Å². The highest BCUT2D eigenvalue weighted by Crippen LogP contribution is 2.36. The highest BCUT2D eigenvalue weighted by Gasteiger charge is 2.34. The van der Waals surface area contributed by atoms with Crippen molar-refractivity contribution in [2.45, 2.75) is 12.6 Å². The van der Waals surface area contributed by atoms with Gasteiger partial charge in [-0.1, -0.05) is 18.7 Å². The molecule has 0 aliphatic rings. The van der Waals surface area contributed by atoms with Gasteiger partial charge in [0.25, 0.3) is 0 Å². The third-order valence-electron chi connectivity index (χ3n) is 2.14. The van der Waals surface area contributed by atoms with Crippen LogP contribution in [0.1, 0.15) is 11.1 Å². The lowest BCUT2D eigenvalue weighted by Gasteiger charge is -2.14. The average molecular weight is 245 g/mol. The van der Waals surface area contributed by atoms with Gasteiger partial charge < -0.3 is 10.5 Å². The first-order valence-electron chi connectivity index (χ1n) is 5.13. The Morgan fingerprint density at radius 2 is 2.06 bits per heavy atom. The number of nitrogens with two attached hydrogens (primary N) is 1. The summed E-state index contributed by atoms with van der Waals surface area (Å²) < 4.78 is 43.3. The molecule has 0 aliphatic carbocycles. The molecule has 5 heteroatoms. The van der Waals surface area contributed by atoms with Crippen molar-refractivity contribution in [2.24, 2.45) is 5.73 Å². The Kier molecular flexibility index (Phi) is 4.57. The van der Waals surface area contributed by atoms with E-state index in [0.717, 1.165) is 6.07 Å². The van der Waals surface area contributed by atoms with E-state index in [0.29, 0.717) is 18.5 Å². The molecule has 1 rings (SSSR count). The molecular weight excluding hydrogens is 231 g/mol. The number of halogens is 3. The average Bonchev–Trinajstić information content (AvgIpc) is 2.26. The van der Waals surface area contributed by atoms with Crippen LogP contribution in [0.3, 0.4) is 0 Å². The Morgan fingerprint density at radius 3 is 2.59 bits per heavy atom. The molecule has 0 fully saturated rings. The van der Waals surface area contributed by atoms with Crippen LogP contribution < -0.4 is 10.5 Å². The van der Waals surface area contributed by atoms with E-state index in [4.69, 9.17) is 10.5 Å². The van der Waals surface area contributed by atoms with Gasteiger partial charge in [-0.25, -0.2) is 0 Å². The number of hydrogen-bond acceptors (Lipinski definition) is 2. The molecule has 1 aromatic carbocycles. The Hall–Kier alpha value is -1.49. The molecule has 0 spiro atoms. The molecule has 0 atom stereocenters. The number of ether oxygens (including phenoxy) is 1. The zero-order valence-corrected chi connectivity index (χ0v) is 9.26. The lowest BCUT2D eigenvalue weighted by atomic mass is 10.1. The highest BCUT2D eigenvalue weighted by atomic mass is 19.4. The summed E-state index contributed by atoms with van der Waals surface area (Å²) >= 11 is 0. The van der Waals surface area contributed by atoms with E-state index in [2.05, 4.69) is 6.58 Å². The molecule has 0 aliphatic heterocycles. The van der Waals surface area contributed by atoms with E-state index >= 15 is 0 Å². The van der Waals surface area contributed by atoms with Crippen molar-refractivity contribution in [3.05, 3.63) is 42.0 Å². The molecule has 2 N–H and O–H groups in total. The molecule has 2 nitrogen and oxygen atoms in total. The second kappa shape index (κ2) is 5.72. The second-order valence-corrected chi connectivity index (χ2v) is 3.47. The van der Waals surface area contributed by atoms with Crippen molar-refractivity contribution in [1.29, 1.82) is 0 Å². The second-order valence-electron chi connectivity index (χ2n) is 3.47. The van der Waals surface area contributed by atoms with E-state index in [9.17, 15) is 13.2 Å². The summed E-state index contributed by atoms with van der Waals surface area (Å²) in [7, 11) is 0. The molecular formula is C12H14F3NO. The maximum Gasteiger partial charge on any atom is 0.419 e. The quantitative estimate of drug-likeness (QED) is 0.809. The van der Waals surface area contributed by atoms with Crippen LogP contribution >= 0.6 is 0 Å². The number of alkyl halides is 3. The predicted molar refractivity (Wildman–Crippen MR) is 59.9 cm³/mol. The van der Waals surface area contributed by atoms with E-state index in [-0.39, 0.29) is 12.4 Å². The molecule has 0 bridgehead atoms. The summed E-state index contributed by atoms with van der Waals surface area (Å²) in [6.07, 6.45) is -2.63. The van der Waals surface area contributed by atoms with Crippen molar-refractivity contribution in [2.75, 3.05) is 13.2 Å². The Morgan fingerprint density at radius 1 is 1.35 bits per heavy atom. The Bertz CT molecular complexity index is 388. The maximum atomic E-state index is 12.8. The molecule has 0 radical (unpaired) electrons. The summed E-state index contributed by atoms with van der Waals surface area (Å²) in [4.78, 5) is 0. The Balaban J connectivity index is 3.07. The van der Waals surface area contributed by atoms with Gasteiger partial charge in [0.05, 0.1) is 5.56 Å². The lowest BCUT2D eigenvalue weighted by Crippen LogP contribution is -2.11. The van der Waals surface area contributed by atoms with Gasteiger partial charge in [-0.3, -0.25) is 0 Å². The minimum atomic E-state index is -4.43. The SMILES string of the molecule is C=CCOc1ccc(CCN)cc1C(F)(F)F. The van der Waals surface area contributed by atoms with Crippen LogP contribution in [0.5, 0.6) is 5.75 Å². The fourth-order valence-electron chi connectivity index (χ4n) is 1.40. The molecule has 0 unspecified atom stereocenters. The summed E-state index contributed by atoms with van der Waals surface area (Å²) in [6.45, 7) is 3.74. The summed E-state index contributed by atoms with van der Waals surface area (Å²) in [5.41, 5.74) is 5.09. The maximum absolute atomic E-state index is 12.8. The van der Waals surface area contributed by atoms with Gasteiger partial charge in [-0.15, -0.1) is 0 Å². The molecule has 0 saturated carbocycles. The Labute approximate surface area is 97.9 Å². The van der Waals surface area contributed by atoms with Gasteiger partial charge in [-0.05, 0) is 30.7 Å². The van der Waals surface area contributed by atoms with Gasteiger partial charge in [0.2, 0.25) is 0 Å². The zero-order valence-electron chi connectivity index (χ0n) is 9.26. The molecule has 94 valence electrons. The van der Waals surface area contributed by atoms with Gasteiger partial charge in [0.1, 0.15) is 12.4 Å². The van der Waals surface area contributed by atoms with E-state index < -0.39 is 11.7 Å². The summed E-state index contributed by atoms with van der Waals surface area (Å²) in [6, 6.07) is 3.98. The van der Waals surface area contributed by atoms with Crippen molar-refractivity contribution in [3.8, 4) is 5.75 Å². The fourth-order valence-corrected chi connectivity index (χ4v) is 1.40. The number of rotatable bonds is 5. The van der Waals surface area contributed by atoms with Crippen molar-refractivity contribution >= 4 is 0 Å². The zero-order chi connectivity index (χ0) is 12.9. The van der Waals surface area contributed by atoms with Crippen molar-refractivity contribution in [1.82, 2.24) is 0 Å². The lowest BCUT2D eigenvalue weighted by molar-refractivity contribution is -0.138. The van der Waals surface area contributed by atoms with Crippen LogP contribution in [0.2, 0.25) is 0 Å². The first-order chi connectivity index (χ1) is 7.99. The number of hydrogen-bond donors (Lipinski definition) is 1. The molecule has 1 aromatic rings. The molecule has 0 heterocycles. The molecule has 0 aromatic heterocycles. The first-order valence-corrected chi connectivity index (χ1v) is 5.13. The summed E-state index contributed by atoms with van der Waals surface area (Å²) in [5, 5.41) is 0. The molecule has 0 saturated heterocycles. The third kappa shape index (κ3) is 3.78.